The SMILES string of the molecule is CC1=C(c2nc(-c3cccc(Cl)c3)no2)C(c2ccc(F)cc2)NC(=O)N1Cc1cccs1. The van der Waals surface area contributed by atoms with E-state index < -0.39 is 6.04 Å². The fourth-order valence-electron chi connectivity index (χ4n) is 3.79. The number of nitrogens with zero attached hydrogens (tertiary/aromatic N) is 3. The molecule has 0 bridgehead atoms. The number of carbonyl (C=O) groups excluding carboxylic acids is 1. The summed E-state index contributed by atoms with van der Waals surface area (Å²) in [6.45, 7) is 2.26. The minimum absolute atomic E-state index is 0.256. The quantitative estimate of drug-likeness (QED) is 0.364. The lowest BCUT2D eigenvalue weighted by atomic mass is 9.94. The Bertz CT molecular complexity index is 1330. The van der Waals surface area contributed by atoms with E-state index >= 15 is 0 Å². The Morgan fingerprint density at radius 1 is 1.18 bits per heavy atom. The lowest BCUT2D eigenvalue weighted by Gasteiger charge is -2.35. The third-order valence-corrected chi connectivity index (χ3v) is 6.53. The van der Waals surface area contributed by atoms with Crippen molar-refractivity contribution in [1.29, 1.82) is 0 Å². The smallest absolute Gasteiger partial charge is 0.322 e. The van der Waals surface area contributed by atoms with E-state index in [2.05, 4.69) is 15.5 Å². The van der Waals surface area contributed by atoms with Crippen LogP contribution in [0.2, 0.25) is 5.02 Å². The molecule has 3 heterocycles. The molecule has 2 amide bonds. The molecule has 166 valence electrons. The van der Waals surface area contributed by atoms with E-state index in [-0.39, 0.29) is 17.7 Å². The number of aromatic nitrogens is 2. The minimum atomic E-state index is -0.578. The van der Waals surface area contributed by atoms with Crippen LogP contribution in [0.4, 0.5) is 9.18 Å². The number of benzene rings is 2. The first-order valence-electron chi connectivity index (χ1n) is 10.2. The second-order valence-corrected chi connectivity index (χ2v) is 9.00. The van der Waals surface area contributed by atoms with Gasteiger partial charge >= 0.3 is 6.03 Å². The maximum atomic E-state index is 13.6. The van der Waals surface area contributed by atoms with E-state index in [4.69, 9.17) is 16.1 Å². The molecule has 0 radical (unpaired) electrons. The van der Waals surface area contributed by atoms with Crippen molar-refractivity contribution in [1.82, 2.24) is 20.4 Å². The molecule has 4 aromatic rings. The van der Waals surface area contributed by atoms with Gasteiger partial charge in [0.15, 0.2) is 0 Å². The van der Waals surface area contributed by atoms with Gasteiger partial charge in [-0.25, -0.2) is 9.18 Å². The van der Waals surface area contributed by atoms with E-state index in [0.29, 0.717) is 39.8 Å². The summed E-state index contributed by atoms with van der Waals surface area (Å²) in [6.07, 6.45) is 0. The fourth-order valence-corrected chi connectivity index (χ4v) is 4.67. The van der Waals surface area contributed by atoms with Gasteiger partial charge in [0.25, 0.3) is 5.89 Å². The Hall–Kier alpha value is -3.49. The van der Waals surface area contributed by atoms with Crippen LogP contribution in [-0.2, 0) is 6.54 Å². The van der Waals surface area contributed by atoms with Crippen molar-refractivity contribution < 1.29 is 13.7 Å². The summed E-state index contributed by atoms with van der Waals surface area (Å²) in [5, 5.41) is 9.67. The molecule has 1 aliphatic rings. The fraction of sp³-hybridized carbons (Fsp3) is 0.125. The van der Waals surface area contributed by atoms with E-state index in [9.17, 15) is 9.18 Å². The molecule has 6 nitrogen and oxygen atoms in total. The number of rotatable bonds is 5. The number of amides is 2. The summed E-state index contributed by atoms with van der Waals surface area (Å²) in [7, 11) is 0. The molecule has 0 fully saturated rings. The summed E-state index contributed by atoms with van der Waals surface area (Å²) >= 11 is 7.68. The van der Waals surface area contributed by atoms with Gasteiger partial charge in [-0.2, -0.15) is 4.98 Å². The lowest BCUT2D eigenvalue weighted by Crippen LogP contribution is -2.45. The summed E-state index contributed by atoms with van der Waals surface area (Å²) in [5.74, 6) is 0.295. The highest BCUT2D eigenvalue weighted by Gasteiger charge is 2.36. The lowest BCUT2D eigenvalue weighted by molar-refractivity contribution is 0.203. The van der Waals surface area contributed by atoms with Crippen LogP contribution in [0.1, 0.15) is 29.3 Å². The van der Waals surface area contributed by atoms with Crippen LogP contribution in [-0.4, -0.2) is 21.1 Å². The molecule has 1 aliphatic heterocycles. The monoisotopic (exact) mass is 480 g/mol. The average Bonchev–Trinajstić information content (AvgIpc) is 3.49. The molecule has 5 rings (SSSR count). The summed E-state index contributed by atoms with van der Waals surface area (Å²) in [4.78, 5) is 20.3. The molecule has 0 aliphatic carbocycles. The summed E-state index contributed by atoms with van der Waals surface area (Å²) in [5.41, 5.74) is 2.75. The normalized spacial score (nSPS) is 16.3. The van der Waals surface area contributed by atoms with Gasteiger partial charge in [0, 0.05) is 21.2 Å². The molecule has 0 saturated carbocycles. The first kappa shape index (κ1) is 21.4. The Kier molecular flexibility index (Phi) is 5.70. The molecular formula is C24H18ClFN4O2S. The number of halogens is 2. The molecule has 1 N–H and O–H groups in total. The maximum Gasteiger partial charge on any atom is 0.322 e. The predicted octanol–water partition coefficient (Wildman–Crippen LogP) is 6.29. The van der Waals surface area contributed by atoms with Crippen molar-refractivity contribution in [3.05, 3.63) is 98.9 Å². The molecule has 0 spiro atoms. The average molecular weight is 481 g/mol. The van der Waals surface area contributed by atoms with Gasteiger partial charge in [-0.15, -0.1) is 11.3 Å². The first-order valence-corrected chi connectivity index (χ1v) is 11.4. The number of nitrogens with one attached hydrogen (secondary N) is 1. The van der Waals surface area contributed by atoms with Gasteiger partial charge < -0.3 is 9.84 Å². The minimum Gasteiger partial charge on any atom is -0.334 e. The molecule has 9 heteroatoms. The van der Waals surface area contributed by atoms with Crippen LogP contribution in [0.5, 0.6) is 0 Å². The van der Waals surface area contributed by atoms with Crippen molar-refractivity contribution in [3.63, 3.8) is 0 Å². The second kappa shape index (κ2) is 8.80. The van der Waals surface area contributed by atoms with Crippen LogP contribution < -0.4 is 5.32 Å². The van der Waals surface area contributed by atoms with Gasteiger partial charge in [0.2, 0.25) is 5.82 Å². The first-order chi connectivity index (χ1) is 16.0. The van der Waals surface area contributed by atoms with Crippen LogP contribution in [0.25, 0.3) is 17.0 Å². The molecule has 33 heavy (non-hydrogen) atoms. The predicted molar refractivity (Wildman–Crippen MR) is 125 cm³/mol. The van der Waals surface area contributed by atoms with Crippen molar-refractivity contribution in [2.24, 2.45) is 0 Å². The third-order valence-electron chi connectivity index (χ3n) is 5.43. The van der Waals surface area contributed by atoms with Crippen molar-refractivity contribution in [2.45, 2.75) is 19.5 Å². The molecule has 2 aromatic carbocycles. The number of carbonyl (C=O) groups is 1. The molecule has 0 saturated heterocycles. The zero-order valence-electron chi connectivity index (χ0n) is 17.5. The Labute approximate surface area is 198 Å². The molecular weight excluding hydrogens is 463 g/mol. The van der Waals surface area contributed by atoms with Crippen molar-refractivity contribution in [2.75, 3.05) is 0 Å². The zero-order valence-corrected chi connectivity index (χ0v) is 19.0. The van der Waals surface area contributed by atoms with Gasteiger partial charge in [0.1, 0.15) is 5.82 Å². The number of allylic oxidation sites excluding steroid dienone is 1. The van der Waals surface area contributed by atoms with Crippen LogP contribution >= 0.6 is 22.9 Å². The van der Waals surface area contributed by atoms with Gasteiger partial charge in [-0.1, -0.05) is 47.1 Å². The Balaban J connectivity index is 1.60. The third kappa shape index (κ3) is 4.27. The molecule has 1 unspecified atom stereocenters. The van der Waals surface area contributed by atoms with E-state index in [1.54, 1.807) is 40.5 Å². The van der Waals surface area contributed by atoms with Gasteiger partial charge in [-0.05, 0) is 48.2 Å². The van der Waals surface area contributed by atoms with Gasteiger partial charge in [0.05, 0.1) is 18.2 Å². The largest absolute Gasteiger partial charge is 0.334 e. The van der Waals surface area contributed by atoms with E-state index in [0.717, 1.165) is 4.88 Å². The summed E-state index contributed by atoms with van der Waals surface area (Å²) in [6, 6.07) is 16.2. The maximum absolute atomic E-state index is 13.6. The topological polar surface area (TPSA) is 71.3 Å². The zero-order chi connectivity index (χ0) is 22.9. The van der Waals surface area contributed by atoms with E-state index in [1.165, 1.54) is 12.1 Å². The Morgan fingerprint density at radius 2 is 2.00 bits per heavy atom. The van der Waals surface area contributed by atoms with Gasteiger partial charge in [-0.3, -0.25) is 4.90 Å². The molecule has 2 aromatic heterocycles. The van der Waals surface area contributed by atoms with Crippen molar-refractivity contribution in [3.8, 4) is 11.4 Å². The highest BCUT2D eigenvalue weighted by molar-refractivity contribution is 7.09. The summed E-state index contributed by atoms with van der Waals surface area (Å²) < 4.78 is 19.2. The number of hydrogen-bond donors (Lipinski definition) is 1. The highest BCUT2D eigenvalue weighted by Crippen LogP contribution is 2.38. The number of thiophene rings is 1. The molecule has 1 atom stereocenters. The highest BCUT2D eigenvalue weighted by atomic mass is 35.5. The van der Waals surface area contributed by atoms with Crippen molar-refractivity contribution >= 4 is 34.5 Å². The van der Waals surface area contributed by atoms with E-state index in [1.807, 2.05) is 36.6 Å². The second-order valence-electron chi connectivity index (χ2n) is 7.53. The number of urea groups is 1. The van der Waals surface area contributed by atoms with Crippen LogP contribution in [0.3, 0.4) is 0 Å². The standard InChI is InChI=1S/C24H18ClFN4O2S/c1-14-20(23-28-22(29-32-23)16-4-2-5-17(25)12-16)21(15-7-9-18(26)10-8-15)27-24(31)30(14)13-19-6-3-11-33-19/h2-12,21H,13H2,1H3,(H,27,31). The number of hydrogen-bond acceptors (Lipinski definition) is 5. The Morgan fingerprint density at radius 3 is 2.73 bits per heavy atom. The van der Waals surface area contributed by atoms with Crippen LogP contribution in [0, 0.1) is 5.82 Å². The van der Waals surface area contributed by atoms with Crippen LogP contribution in [0.15, 0.2) is 76.3 Å².